The molecule has 1 atom stereocenters. The van der Waals surface area contributed by atoms with Crippen LogP contribution in [0.4, 0.5) is 8.78 Å². The van der Waals surface area contributed by atoms with E-state index in [0.717, 1.165) is 4.88 Å². The number of nitrogens with two attached hydrogens (primary N) is 1. The normalized spacial score (nSPS) is 13.0. The summed E-state index contributed by atoms with van der Waals surface area (Å²) < 4.78 is 29.5. The Balaban J connectivity index is 1.88. The second-order valence-electron chi connectivity index (χ2n) is 4.31. The third kappa shape index (κ3) is 2.41. The minimum Gasteiger partial charge on any atom is -0.323 e. The van der Waals surface area contributed by atoms with Crippen LogP contribution >= 0.6 is 22.7 Å². The van der Waals surface area contributed by atoms with Crippen LogP contribution in [-0.2, 0) is 6.42 Å². The van der Waals surface area contributed by atoms with Gasteiger partial charge in [0.25, 0.3) is 0 Å². The highest BCUT2D eigenvalue weighted by atomic mass is 32.1. The highest BCUT2D eigenvalue weighted by molar-refractivity contribution is 7.26. The summed E-state index contributed by atoms with van der Waals surface area (Å²) >= 11 is 3.23. The van der Waals surface area contributed by atoms with Crippen LogP contribution in [0.1, 0.15) is 16.5 Å². The summed E-state index contributed by atoms with van der Waals surface area (Å²) in [6, 6.07) is 7.55. The Bertz CT molecular complexity index is 668. The fourth-order valence-electron chi connectivity index (χ4n) is 2.02. The maximum absolute atomic E-state index is 13.6. The van der Waals surface area contributed by atoms with Gasteiger partial charge in [0.15, 0.2) is 0 Å². The van der Waals surface area contributed by atoms with Gasteiger partial charge in [0.1, 0.15) is 11.6 Å². The molecule has 0 saturated carbocycles. The van der Waals surface area contributed by atoms with Crippen LogP contribution in [0.5, 0.6) is 0 Å². The monoisotopic (exact) mass is 295 g/mol. The first kappa shape index (κ1) is 12.7. The molecule has 98 valence electrons. The van der Waals surface area contributed by atoms with E-state index in [1.54, 1.807) is 22.7 Å². The smallest absolute Gasteiger partial charge is 0.129 e. The standard InChI is InChI=1S/C14H11F2NS2/c15-9-2-1-3-10(16)8(9)6-11(17)13-7-14-12(19-13)4-5-18-14/h1-5,7,11H,6,17H2. The molecule has 2 aromatic heterocycles. The fraction of sp³-hybridized carbons (Fsp3) is 0.143. The molecule has 0 bridgehead atoms. The first-order chi connectivity index (χ1) is 9.15. The van der Waals surface area contributed by atoms with Crippen LogP contribution in [0.15, 0.2) is 35.7 Å². The van der Waals surface area contributed by atoms with E-state index < -0.39 is 11.6 Å². The summed E-state index contributed by atoms with van der Waals surface area (Å²) in [6.45, 7) is 0. The lowest BCUT2D eigenvalue weighted by atomic mass is 10.0. The van der Waals surface area contributed by atoms with Crippen LogP contribution in [0.3, 0.4) is 0 Å². The molecule has 5 heteroatoms. The SMILES string of the molecule is NC(Cc1c(F)cccc1F)c1cc2sccc2s1. The average molecular weight is 295 g/mol. The lowest BCUT2D eigenvalue weighted by Crippen LogP contribution is -2.13. The number of hydrogen-bond acceptors (Lipinski definition) is 3. The highest BCUT2D eigenvalue weighted by Gasteiger charge is 2.16. The van der Waals surface area contributed by atoms with Gasteiger partial charge < -0.3 is 5.73 Å². The van der Waals surface area contributed by atoms with Gasteiger partial charge in [-0.15, -0.1) is 22.7 Å². The van der Waals surface area contributed by atoms with Crippen molar-refractivity contribution in [1.82, 2.24) is 0 Å². The molecule has 0 spiro atoms. The maximum atomic E-state index is 13.6. The molecule has 1 aromatic carbocycles. The molecule has 0 amide bonds. The van der Waals surface area contributed by atoms with Gasteiger partial charge in [-0.1, -0.05) is 6.07 Å². The molecule has 0 saturated heterocycles. The average Bonchev–Trinajstić information content (AvgIpc) is 2.94. The molecular formula is C14H11F2NS2. The van der Waals surface area contributed by atoms with Crippen molar-refractivity contribution in [2.75, 3.05) is 0 Å². The van der Waals surface area contributed by atoms with Crippen LogP contribution in [-0.4, -0.2) is 0 Å². The summed E-state index contributed by atoms with van der Waals surface area (Å²) in [5, 5.41) is 2.02. The Morgan fingerprint density at radius 2 is 1.84 bits per heavy atom. The van der Waals surface area contributed by atoms with E-state index >= 15 is 0 Å². The topological polar surface area (TPSA) is 26.0 Å². The first-order valence-electron chi connectivity index (χ1n) is 5.80. The van der Waals surface area contributed by atoms with Crippen LogP contribution in [0.2, 0.25) is 0 Å². The molecule has 1 nitrogen and oxygen atoms in total. The predicted molar refractivity (Wildman–Crippen MR) is 76.7 cm³/mol. The summed E-state index contributed by atoms with van der Waals surface area (Å²) in [6.07, 6.45) is 0.173. The van der Waals surface area contributed by atoms with Gasteiger partial charge in [0.05, 0.1) is 0 Å². The first-order valence-corrected chi connectivity index (χ1v) is 7.50. The lowest BCUT2D eigenvalue weighted by Gasteiger charge is -2.11. The van der Waals surface area contributed by atoms with Gasteiger partial charge in [0.2, 0.25) is 0 Å². The summed E-state index contributed by atoms with van der Waals surface area (Å²) in [4.78, 5) is 0.963. The Hall–Kier alpha value is -1.30. The zero-order valence-corrected chi connectivity index (χ0v) is 11.5. The van der Waals surface area contributed by atoms with Crippen LogP contribution in [0, 0.1) is 11.6 Å². The minimum absolute atomic E-state index is 0.0618. The zero-order valence-electron chi connectivity index (χ0n) is 9.90. The van der Waals surface area contributed by atoms with Crippen molar-refractivity contribution < 1.29 is 8.78 Å². The third-order valence-corrected chi connectivity index (χ3v) is 5.23. The Morgan fingerprint density at radius 3 is 2.53 bits per heavy atom. The molecule has 0 radical (unpaired) electrons. The molecule has 2 N–H and O–H groups in total. The molecule has 3 aromatic rings. The van der Waals surface area contributed by atoms with Gasteiger partial charge in [-0.2, -0.15) is 0 Å². The molecule has 1 unspecified atom stereocenters. The lowest BCUT2D eigenvalue weighted by molar-refractivity contribution is 0.541. The Kier molecular flexibility index (Phi) is 3.35. The van der Waals surface area contributed by atoms with Crippen molar-refractivity contribution in [3.63, 3.8) is 0 Å². The van der Waals surface area contributed by atoms with Crippen molar-refractivity contribution in [1.29, 1.82) is 0 Å². The van der Waals surface area contributed by atoms with E-state index in [9.17, 15) is 8.78 Å². The van der Waals surface area contributed by atoms with Crippen LogP contribution < -0.4 is 5.73 Å². The van der Waals surface area contributed by atoms with E-state index in [1.165, 1.54) is 27.6 Å². The molecule has 19 heavy (non-hydrogen) atoms. The fourth-order valence-corrected chi connectivity index (χ4v) is 4.14. The predicted octanol–water partition coefficient (Wildman–Crippen LogP) is 4.48. The molecule has 0 aliphatic heterocycles. The van der Waals surface area contributed by atoms with Gasteiger partial charge in [-0.25, -0.2) is 8.78 Å². The highest BCUT2D eigenvalue weighted by Crippen LogP contribution is 2.34. The quantitative estimate of drug-likeness (QED) is 0.757. The van der Waals surface area contributed by atoms with E-state index in [2.05, 4.69) is 0 Å². The Labute approximate surface area is 117 Å². The van der Waals surface area contributed by atoms with Crippen molar-refractivity contribution in [2.24, 2.45) is 5.73 Å². The number of halogens is 2. The number of benzene rings is 1. The molecule has 0 aliphatic carbocycles. The summed E-state index contributed by atoms with van der Waals surface area (Å²) in [5.74, 6) is -1.07. The second kappa shape index (κ2) is 5.00. The zero-order chi connectivity index (χ0) is 13.4. The van der Waals surface area contributed by atoms with Crippen LogP contribution in [0.25, 0.3) is 9.40 Å². The number of hydrogen-bond donors (Lipinski definition) is 1. The van der Waals surface area contributed by atoms with Crippen molar-refractivity contribution in [3.8, 4) is 0 Å². The minimum atomic E-state index is -0.534. The van der Waals surface area contributed by atoms with Gasteiger partial charge in [0, 0.05) is 25.9 Å². The third-order valence-electron chi connectivity index (χ3n) is 3.01. The number of thiophene rings is 2. The second-order valence-corrected chi connectivity index (χ2v) is 6.37. The molecule has 0 fully saturated rings. The number of fused-ring (bicyclic) bond motifs is 1. The number of rotatable bonds is 3. The largest absolute Gasteiger partial charge is 0.323 e. The Morgan fingerprint density at radius 1 is 1.11 bits per heavy atom. The molecule has 2 heterocycles. The van der Waals surface area contributed by atoms with Crippen molar-refractivity contribution in [3.05, 3.63) is 57.8 Å². The van der Waals surface area contributed by atoms with Crippen molar-refractivity contribution >= 4 is 32.1 Å². The van der Waals surface area contributed by atoms with Gasteiger partial charge in [-0.3, -0.25) is 0 Å². The molecule has 0 aliphatic rings. The summed E-state index contributed by atoms with van der Waals surface area (Å²) in [7, 11) is 0. The summed E-state index contributed by atoms with van der Waals surface area (Å²) in [5.41, 5.74) is 6.13. The molecule has 3 rings (SSSR count). The van der Waals surface area contributed by atoms with Gasteiger partial charge in [-0.05, 0) is 36.1 Å². The van der Waals surface area contributed by atoms with Gasteiger partial charge >= 0.3 is 0 Å². The van der Waals surface area contributed by atoms with E-state index in [-0.39, 0.29) is 18.0 Å². The van der Waals surface area contributed by atoms with E-state index in [0.29, 0.717) is 0 Å². The maximum Gasteiger partial charge on any atom is 0.129 e. The van der Waals surface area contributed by atoms with Crippen molar-refractivity contribution in [2.45, 2.75) is 12.5 Å². The molecular weight excluding hydrogens is 284 g/mol. The van der Waals surface area contributed by atoms with E-state index in [1.807, 2.05) is 17.5 Å². The van der Waals surface area contributed by atoms with E-state index in [4.69, 9.17) is 5.73 Å².